The minimum atomic E-state index is -1.06. The molecule has 6 rings (SSSR count). The van der Waals surface area contributed by atoms with E-state index in [0.717, 1.165) is 24.1 Å². The summed E-state index contributed by atoms with van der Waals surface area (Å²) >= 11 is 0. The van der Waals surface area contributed by atoms with Crippen molar-refractivity contribution in [2.45, 2.75) is 31.3 Å². The van der Waals surface area contributed by atoms with Crippen molar-refractivity contribution < 1.29 is 14.1 Å². The lowest BCUT2D eigenvalue weighted by atomic mass is 10.0. The predicted molar refractivity (Wildman–Crippen MR) is 95.7 cm³/mol. The predicted octanol–water partition coefficient (Wildman–Crippen LogP) is 2.49. The molecule has 0 amide bonds. The van der Waals surface area contributed by atoms with Crippen molar-refractivity contribution in [2.24, 2.45) is 0 Å². The number of halogens is 1. The van der Waals surface area contributed by atoms with E-state index >= 15 is 0 Å². The van der Waals surface area contributed by atoms with Crippen molar-refractivity contribution in [1.29, 1.82) is 0 Å². The highest BCUT2D eigenvalue weighted by atomic mass is 19.2. The number of benzene rings is 1. The fourth-order valence-electron chi connectivity index (χ4n) is 4.22. The summed E-state index contributed by atoms with van der Waals surface area (Å²) in [4.78, 5) is 6.23. The first kappa shape index (κ1) is 15.8. The molecule has 1 N–H and O–H groups in total. The maximum Gasteiger partial charge on any atom is 0.296 e. The minimum Gasteiger partial charge on any atom is -0.382 e. The summed E-state index contributed by atoms with van der Waals surface area (Å²) in [6.07, 6.45) is 4.44. The second-order valence-electron chi connectivity index (χ2n) is 7.32. The Labute approximate surface area is 158 Å². The fraction of sp³-hybridized carbons (Fsp3) is 0.333. The Balaban J connectivity index is 1.51. The van der Waals surface area contributed by atoms with E-state index in [-0.39, 0.29) is 18.4 Å². The third kappa shape index (κ3) is 2.03. The summed E-state index contributed by atoms with van der Waals surface area (Å²) in [7, 11) is 0. The molecule has 4 heterocycles. The van der Waals surface area contributed by atoms with Crippen molar-refractivity contribution in [3.63, 3.8) is 0 Å². The van der Waals surface area contributed by atoms with E-state index < -0.39 is 5.60 Å². The third-order valence-corrected chi connectivity index (χ3v) is 5.60. The number of hydrogen-bond acceptors (Lipinski definition) is 8. The van der Waals surface area contributed by atoms with E-state index in [9.17, 15) is 9.59 Å². The van der Waals surface area contributed by atoms with Crippen LogP contribution in [0.15, 0.2) is 35.0 Å². The van der Waals surface area contributed by atoms with Crippen LogP contribution in [0, 0.1) is 0 Å². The van der Waals surface area contributed by atoms with Crippen molar-refractivity contribution in [3.8, 4) is 23.1 Å². The van der Waals surface area contributed by atoms with Gasteiger partial charge in [-0.2, -0.15) is 10.1 Å². The van der Waals surface area contributed by atoms with Crippen LogP contribution in [0.3, 0.4) is 0 Å². The van der Waals surface area contributed by atoms with E-state index in [4.69, 9.17) is 4.52 Å². The Morgan fingerprint density at radius 1 is 1.11 bits per heavy atom. The van der Waals surface area contributed by atoms with Crippen molar-refractivity contribution in [1.82, 2.24) is 30.0 Å². The van der Waals surface area contributed by atoms with Crippen LogP contribution < -0.4 is 4.90 Å². The van der Waals surface area contributed by atoms with Crippen LogP contribution in [-0.2, 0) is 5.60 Å². The lowest BCUT2D eigenvalue weighted by Gasteiger charge is -2.29. The van der Waals surface area contributed by atoms with E-state index in [1.54, 1.807) is 4.57 Å². The highest BCUT2D eigenvalue weighted by Gasteiger charge is 2.40. The number of rotatable bonds is 2. The maximum atomic E-state index is 14.1. The van der Waals surface area contributed by atoms with Gasteiger partial charge in [0.1, 0.15) is 18.1 Å². The lowest BCUT2D eigenvalue weighted by molar-refractivity contribution is 0.0328. The maximum absolute atomic E-state index is 14.1. The third-order valence-electron chi connectivity index (χ3n) is 5.60. The fourth-order valence-corrected chi connectivity index (χ4v) is 4.22. The highest BCUT2D eigenvalue weighted by molar-refractivity contribution is 5.89. The molecule has 10 heteroatoms. The second kappa shape index (κ2) is 5.38. The first-order chi connectivity index (χ1) is 13.6. The molecular weight excluding hydrogens is 365 g/mol. The van der Waals surface area contributed by atoms with Crippen molar-refractivity contribution in [2.75, 3.05) is 11.6 Å². The molecule has 1 fully saturated rings. The van der Waals surface area contributed by atoms with Gasteiger partial charge in [-0.25, -0.2) is 0 Å². The molecule has 0 atom stereocenters. The number of aromatic nitrogens is 5. The van der Waals surface area contributed by atoms with Crippen LogP contribution >= 0.6 is 0 Å². The largest absolute Gasteiger partial charge is 0.382 e. The van der Waals surface area contributed by atoms with Crippen molar-refractivity contribution >= 4 is 11.5 Å². The molecule has 1 aromatic carbocycles. The summed E-state index contributed by atoms with van der Waals surface area (Å²) in [5, 5.41) is 23.9. The molecule has 0 radical (unpaired) electrons. The summed E-state index contributed by atoms with van der Waals surface area (Å²) in [6.45, 7) is 0.0677. The van der Waals surface area contributed by atoms with Gasteiger partial charge in [-0.15, -0.1) is 10.2 Å². The summed E-state index contributed by atoms with van der Waals surface area (Å²) in [5.41, 5.74) is 0.628. The number of aliphatic hydroxyl groups is 1. The smallest absolute Gasteiger partial charge is 0.296 e. The molecule has 2 aliphatic heterocycles. The number of anilines is 1. The quantitative estimate of drug-likeness (QED) is 0.677. The monoisotopic (exact) mass is 381 g/mol. The van der Waals surface area contributed by atoms with Crippen LogP contribution in [0.4, 0.5) is 10.2 Å². The molecule has 142 valence electrons. The summed E-state index contributed by atoms with van der Waals surface area (Å²) < 4.78 is 21.2. The Morgan fingerprint density at radius 3 is 2.75 bits per heavy atom. The van der Waals surface area contributed by atoms with Gasteiger partial charge in [0.15, 0.2) is 5.82 Å². The average Bonchev–Trinajstić information content (AvgIpc) is 3.46. The SMILES string of the molecule is OC1(c2noc(-c3nnc4n3C3=CN(F)CN3c3ccccc3-4)n2)CCCC1. The van der Waals surface area contributed by atoms with Crippen LogP contribution in [0.25, 0.3) is 28.9 Å². The first-order valence-corrected chi connectivity index (χ1v) is 9.18. The van der Waals surface area contributed by atoms with Gasteiger partial charge in [0.2, 0.25) is 11.6 Å². The molecular formula is C18H16FN7O2. The minimum absolute atomic E-state index is 0.0677. The van der Waals surface area contributed by atoms with E-state index in [1.165, 1.54) is 6.20 Å². The molecule has 0 bridgehead atoms. The van der Waals surface area contributed by atoms with Gasteiger partial charge >= 0.3 is 0 Å². The lowest BCUT2D eigenvalue weighted by Crippen LogP contribution is -2.28. The van der Waals surface area contributed by atoms with Crippen LogP contribution in [-0.4, -0.2) is 41.8 Å². The zero-order valence-corrected chi connectivity index (χ0v) is 14.8. The standard InChI is InChI=1S/C18H16FN7O2/c19-24-9-13-25(10-24)12-6-2-1-5-11(12)14-21-22-15(26(13)14)16-20-17(23-28-16)18(27)7-3-4-8-18/h1-2,5-6,9,27H,3-4,7-8,10H2. The number of nitrogens with zero attached hydrogens (tertiary/aromatic N) is 7. The summed E-state index contributed by atoms with van der Waals surface area (Å²) in [5.74, 6) is 1.86. The van der Waals surface area contributed by atoms with Gasteiger partial charge in [-0.1, -0.05) is 21.8 Å². The molecule has 2 aromatic heterocycles. The number of fused-ring (bicyclic) bond motifs is 6. The summed E-state index contributed by atoms with van der Waals surface area (Å²) in [6, 6.07) is 7.63. The zero-order valence-electron chi connectivity index (χ0n) is 14.8. The molecule has 0 spiro atoms. The van der Waals surface area contributed by atoms with Crippen molar-refractivity contribution in [3.05, 3.63) is 36.3 Å². The average molecular weight is 381 g/mol. The molecule has 28 heavy (non-hydrogen) atoms. The Hall–Kier alpha value is -3.27. The van der Waals surface area contributed by atoms with Gasteiger partial charge in [0.05, 0.1) is 11.9 Å². The van der Waals surface area contributed by atoms with Gasteiger partial charge in [-0.05, 0) is 37.8 Å². The molecule has 0 saturated heterocycles. The van der Waals surface area contributed by atoms with Crippen LogP contribution in [0.1, 0.15) is 31.5 Å². The highest BCUT2D eigenvalue weighted by Crippen LogP contribution is 2.44. The second-order valence-corrected chi connectivity index (χ2v) is 7.32. The first-order valence-electron chi connectivity index (χ1n) is 9.18. The molecule has 0 unspecified atom stereocenters. The Bertz CT molecular complexity index is 1110. The Kier molecular flexibility index (Phi) is 3.03. The van der Waals surface area contributed by atoms with Gasteiger partial charge in [0, 0.05) is 5.56 Å². The number of hydrogen-bond donors (Lipinski definition) is 1. The van der Waals surface area contributed by atoms with E-state index in [0.29, 0.717) is 35.4 Å². The van der Waals surface area contributed by atoms with Crippen LogP contribution in [0.2, 0.25) is 0 Å². The molecule has 1 saturated carbocycles. The topological polar surface area (TPSA) is 96.3 Å². The van der Waals surface area contributed by atoms with E-state index in [1.807, 2.05) is 29.2 Å². The molecule has 1 aliphatic carbocycles. The van der Waals surface area contributed by atoms with Gasteiger partial charge in [-0.3, -0.25) is 4.57 Å². The van der Waals surface area contributed by atoms with Gasteiger partial charge in [0.25, 0.3) is 5.89 Å². The Morgan fingerprint density at radius 2 is 1.89 bits per heavy atom. The van der Waals surface area contributed by atoms with Crippen LogP contribution in [0.5, 0.6) is 0 Å². The van der Waals surface area contributed by atoms with Gasteiger partial charge < -0.3 is 14.5 Å². The molecule has 3 aliphatic rings. The normalized spacial score (nSPS) is 19.4. The molecule has 9 nitrogen and oxygen atoms in total. The molecule has 3 aromatic rings. The van der Waals surface area contributed by atoms with E-state index in [2.05, 4.69) is 20.3 Å². The zero-order chi connectivity index (χ0) is 18.9. The number of para-hydroxylation sites is 1.